The van der Waals surface area contributed by atoms with Gasteiger partial charge in [0.1, 0.15) is 0 Å². The smallest absolute Gasteiger partial charge is 0.258 e. The van der Waals surface area contributed by atoms with Crippen LogP contribution >= 0.6 is 27.5 Å². The van der Waals surface area contributed by atoms with E-state index < -0.39 is 0 Å². The lowest BCUT2D eigenvalue weighted by atomic mass is 10.2. The molecule has 1 saturated carbocycles. The first-order chi connectivity index (χ1) is 8.63. The van der Waals surface area contributed by atoms with Gasteiger partial charge in [0.05, 0.1) is 6.04 Å². The van der Waals surface area contributed by atoms with Crippen LogP contribution in [0.25, 0.3) is 11.5 Å². The third-order valence-corrected chi connectivity index (χ3v) is 3.66. The van der Waals surface area contributed by atoms with Gasteiger partial charge in [-0.2, -0.15) is 4.98 Å². The van der Waals surface area contributed by atoms with E-state index in [1.165, 1.54) is 0 Å². The zero-order valence-electron chi connectivity index (χ0n) is 9.44. The molecule has 0 bridgehead atoms. The minimum atomic E-state index is -0.120. The van der Waals surface area contributed by atoms with Gasteiger partial charge < -0.3 is 10.3 Å². The summed E-state index contributed by atoms with van der Waals surface area (Å²) in [5, 5.41) is 4.56. The minimum Gasteiger partial charge on any atom is -0.334 e. The topological polar surface area (TPSA) is 64.9 Å². The molecule has 0 saturated heterocycles. The van der Waals surface area contributed by atoms with E-state index >= 15 is 0 Å². The molecule has 1 fully saturated rings. The van der Waals surface area contributed by atoms with E-state index in [0.29, 0.717) is 22.7 Å². The van der Waals surface area contributed by atoms with Gasteiger partial charge in [0.2, 0.25) is 0 Å². The van der Waals surface area contributed by atoms with E-state index in [0.717, 1.165) is 22.9 Å². The van der Waals surface area contributed by atoms with Gasteiger partial charge in [-0.15, -0.1) is 0 Å². The summed E-state index contributed by atoms with van der Waals surface area (Å²) in [5.74, 6) is 1.52. The van der Waals surface area contributed by atoms with Gasteiger partial charge in [0.15, 0.2) is 5.82 Å². The average molecular weight is 329 g/mol. The van der Waals surface area contributed by atoms with Gasteiger partial charge in [0.25, 0.3) is 5.89 Å². The second kappa shape index (κ2) is 4.64. The third-order valence-electron chi connectivity index (χ3n) is 2.98. The molecule has 94 valence electrons. The molecule has 0 spiro atoms. The van der Waals surface area contributed by atoms with Gasteiger partial charge in [-0.25, -0.2) is 0 Å². The molecule has 6 heteroatoms. The number of hydrogen-bond donors (Lipinski definition) is 1. The van der Waals surface area contributed by atoms with Crippen molar-refractivity contribution in [1.82, 2.24) is 10.1 Å². The summed E-state index contributed by atoms with van der Waals surface area (Å²) in [6, 6.07) is 5.35. The van der Waals surface area contributed by atoms with Crippen LogP contribution in [0.15, 0.2) is 27.2 Å². The highest BCUT2D eigenvalue weighted by molar-refractivity contribution is 9.10. The monoisotopic (exact) mass is 327 g/mol. The van der Waals surface area contributed by atoms with Gasteiger partial charge in [-0.3, -0.25) is 0 Å². The Balaban J connectivity index is 1.92. The maximum Gasteiger partial charge on any atom is 0.258 e. The van der Waals surface area contributed by atoms with Crippen molar-refractivity contribution in [2.45, 2.75) is 18.9 Å². The first-order valence-electron chi connectivity index (χ1n) is 5.69. The Hall–Kier alpha value is -0.910. The fraction of sp³-hybridized carbons (Fsp3) is 0.333. The third kappa shape index (κ3) is 2.43. The summed E-state index contributed by atoms with van der Waals surface area (Å²) in [4.78, 5) is 4.34. The van der Waals surface area contributed by atoms with Gasteiger partial charge in [0, 0.05) is 15.1 Å². The number of nitrogens with zero attached hydrogens (tertiary/aromatic N) is 2. The second-order valence-electron chi connectivity index (χ2n) is 4.48. The number of halogens is 2. The first kappa shape index (κ1) is 12.1. The van der Waals surface area contributed by atoms with Crippen LogP contribution in [0.3, 0.4) is 0 Å². The lowest BCUT2D eigenvalue weighted by Gasteiger charge is -2.02. The quantitative estimate of drug-likeness (QED) is 0.935. The zero-order valence-corrected chi connectivity index (χ0v) is 11.8. The van der Waals surface area contributed by atoms with E-state index in [2.05, 4.69) is 26.1 Å². The molecule has 0 aliphatic heterocycles. The summed E-state index contributed by atoms with van der Waals surface area (Å²) in [6.45, 7) is 0. The normalized spacial score (nSPS) is 16.8. The van der Waals surface area contributed by atoms with E-state index in [1.54, 1.807) is 12.1 Å². The maximum absolute atomic E-state index is 6.03. The van der Waals surface area contributed by atoms with Crippen LogP contribution in [-0.2, 0) is 0 Å². The SMILES string of the molecule is NC(c1noc(-c2cc(Cl)cc(Br)c2)n1)C1CC1. The lowest BCUT2D eigenvalue weighted by Crippen LogP contribution is -2.13. The van der Waals surface area contributed by atoms with Crippen molar-refractivity contribution in [3.63, 3.8) is 0 Å². The number of hydrogen-bond acceptors (Lipinski definition) is 4. The molecule has 0 amide bonds. The van der Waals surface area contributed by atoms with Crippen molar-refractivity contribution in [3.8, 4) is 11.5 Å². The summed E-state index contributed by atoms with van der Waals surface area (Å²) in [5.41, 5.74) is 6.82. The highest BCUT2D eigenvalue weighted by Crippen LogP contribution is 2.39. The van der Waals surface area contributed by atoms with Crippen LogP contribution in [-0.4, -0.2) is 10.1 Å². The highest BCUT2D eigenvalue weighted by Gasteiger charge is 2.32. The summed E-state index contributed by atoms with van der Waals surface area (Å²) in [7, 11) is 0. The Morgan fingerprint density at radius 3 is 2.83 bits per heavy atom. The summed E-state index contributed by atoms with van der Waals surface area (Å²) in [6.07, 6.45) is 2.29. The Labute approximate surface area is 118 Å². The number of aromatic nitrogens is 2. The number of benzene rings is 1. The van der Waals surface area contributed by atoms with Crippen molar-refractivity contribution in [2.24, 2.45) is 11.7 Å². The zero-order chi connectivity index (χ0) is 12.7. The lowest BCUT2D eigenvalue weighted by molar-refractivity contribution is 0.411. The van der Waals surface area contributed by atoms with Crippen molar-refractivity contribution < 1.29 is 4.52 Å². The molecule has 2 aromatic rings. The Morgan fingerprint density at radius 2 is 2.17 bits per heavy atom. The summed E-state index contributed by atoms with van der Waals surface area (Å²) < 4.78 is 6.11. The molecule has 3 rings (SSSR count). The molecule has 1 aromatic heterocycles. The van der Waals surface area contributed by atoms with Crippen molar-refractivity contribution >= 4 is 27.5 Å². The first-order valence-corrected chi connectivity index (χ1v) is 6.86. The van der Waals surface area contributed by atoms with E-state index in [4.69, 9.17) is 21.9 Å². The van der Waals surface area contributed by atoms with Crippen LogP contribution in [0, 0.1) is 5.92 Å². The number of rotatable bonds is 3. The van der Waals surface area contributed by atoms with Crippen LogP contribution < -0.4 is 5.73 Å². The minimum absolute atomic E-state index is 0.120. The standard InChI is InChI=1S/C12H11BrClN3O/c13-8-3-7(4-9(14)5-8)12-16-11(17-18-12)10(15)6-1-2-6/h3-6,10H,1-2,15H2. The molecule has 2 N–H and O–H groups in total. The van der Waals surface area contributed by atoms with Gasteiger partial charge in [-0.05, 0) is 37.0 Å². The van der Waals surface area contributed by atoms with Gasteiger partial charge in [-0.1, -0.05) is 32.7 Å². The predicted octanol–water partition coefficient (Wildman–Crippen LogP) is 3.56. The number of nitrogens with two attached hydrogens (primary N) is 1. The molecular formula is C12H11BrClN3O. The van der Waals surface area contributed by atoms with Crippen molar-refractivity contribution in [3.05, 3.63) is 33.5 Å². The predicted molar refractivity (Wildman–Crippen MR) is 72.1 cm³/mol. The molecule has 4 nitrogen and oxygen atoms in total. The van der Waals surface area contributed by atoms with Crippen molar-refractivity contribution in [2.75, 3.05) is 0 Å². The molecular weight excluding hydrogens is 318 g/mol. The van der Waals surface area contributed by atoms with E-state index in [9.17, 15) is 0 Å². The summed E-state index contributed by atoms with van der Waals surface area (Å²) >= 11 is 9.37. The molecule has 1 heterocycles. The fourth-order valence-electron chi connectivity index (χ4n) is 1.83. The largest absolute Gasteiger partial charge is 0.334 e. The Bertz CT molecular complexity index is 562. The second-order valence-corrected chi connectivity index (χ2v) is 5.83. The van der Waals surface area contributed by atoms with Crippen LogP contribution in [0.4, 0.5) is 0 Å². The molecule has 1 aliphatic rings. The molecule has 1 unspecified atom stereocenters. The molecule has 1 aromatic carbocycles. The van der Waals surface area contributed by atoms with Gasteiger partial charge >= 0.3 is 0 Å². The van der Waals surface area contributed by atoms with Crippen molar-refractivity contribution in [1.29, 1.82) is 0 Å². The van der Waals surface area contributed by atoms with E-state index in [-0.39, 0.29) is 6.04 Å². The maximum atomic E-state index is 6.03. The highest BCUT2D eigenvalue weighted by atomic mass is 79.9. The van der Waals surface area contributed by atoms with Crippen LogP contribution in [0.1, 0.15) is 24.7 Å². The van der Waals surface area contributed by atoms with Crippen LogP contribution in [0.2, 0.25) is 5.02 Å². The molecule has 1 aliphatic carbocycles. The average Bonchev–Trinajstić information content (AvgIpc) is 3.04. The molecule has 0 radical (unpaired) electrons. The van der Waals surface area contributed by atoms with E-state index in [1.807, 2.05) is 6.07 Å². The van der Waals surface area contributed by atoms with Crippen LogP contribution in [0.5, 0.6) is 0 Å². The Kier molecular flexibility index (Phi) is 3.13. The molecule has 1 atom stereocenters. The molecule has 18 heavy (non-hydrogen) atoms. The fourth-order valence-corrected chi connectivity index (χ4v) is 2.69. The Morgan fingerprint density at radius 1 is 1.39 bits per heavy atom.